The van der Waals surface area contributed by atoms with E-state index in [2.05, 4.69) is 19.1 Å². The van der Waals surface area contributed by atoms with Crippen molar-refractivity contribution in [1.82, 2.24) is 0 Å². The van der Waals surface area contributed by atoms with Crippen LogP contribution in [0.3, 0.4) is 0 Å². The highest BCUT2D eigenvalue weighted by molar-refractivity contribution is 5.81. The molecule has 2 aromatic rings. The summed E-state index contributed by atoms with van der Waals surface area (Å²) in [6, 6.07) is 17.2. The fourth-order valence-corrected chi connectivity index (χ4v) is 2.68. The lowest BCUT2D eigenvalue weighted by Crippen LogP contribution is -2.17. The van der Waals surface area contributed by atoms with E-state index in [-0.39, 0.29) is 17.3 Å². The van der Waals surface area contributed by atoms with Crippen LogP contribution in [0, 0.1) is 5.92 Å². The molecule has 0 aliphatic heterocycles. The highest BCUT2D eigenvalue weighted by Crippen LogP contribution is 2.54. The smallest absolute Gasteiger partial charge is 0.315 e. The lowest BCUT2D eigenvalue weighted by Gasteiger charge is -2.11. The lowest BCUT2D eigenvalue weighted by molar-refractivity contribution is -0.136. The van der Waals surface area contributed by atoms with Gasteiger partial charge < -0.3 is 9.47 Å². The molecular weight excluding hydrogens is 264 g/mol. The van der Waals surface area contributed by atoms with Crippen molar-refractivity contribution in [2.24, 2.45) is 5.92 Å². The molecule has 0 amide bonds. The van der Waals surface area contributed by atoms with Gasteiger partial charge in [-0.3, -0.25) is 4.79 Å². The Hall–Kier alpha value is -2.29. The van der Waals surface area contributed by atoms with Crippen molar-refractivity contribution in [3.63, 3.8) is 0 Å². The molecule has 1 aliphatic carbocycles. The fourth-order valence-electron chi connectivity index (χ4n) is 2.68. The summed E-state index contributed by atoms with van der Waals surface area (Å²) in [5.41, 5.74) is 1.10. The number of benzene rings is 2. The molecule has 0 N–H and O–H groups in total. The molecule has 0 radical (unpaired) electrons. The number of esters is 1. The molecule has 0 aromatic heterocycles. The summed E-state index contributed by atoms with van der Waals surface area (Å²) in [6.45, 7) is 2.11. The zero-order valence-electron chi connectivity index (χ0n) is 12.2. The van der Waals surface area contributed by atoms with E-state index in [9.17, 15) is 4.79 Å². The molecule has 2 atom stereocenters. The summed E-state index contributed by atoms with van der Waals surface area (Å²) in [6.07, 6.45) is 0.839. The maximum atomic E-state index is 12.3. The number of carbonyl (C=O) groups is 1. The van der Waals surface area contributed by atoms with Crippen LogP contribution < -0.4 is 9.47 Å². The van der Waals surface area contributed by atoms with Gasteiger partial charge in [-0.1, -0.05) is 37.3 Å². The molecule has 0 heterocycles. The maximum Gasteiger partial charge on any atom is 0.315 e. The van der Waals surface area contributed by atoms with Crippen LogP contribution in [0.25, 0.3) is 0 Å². The van der Waals surface area contributed by atoms with Crippen molar-refractivity contribution in [3.05, 3.63) is 60.2 Å². The van der Waals surface area contributed by atoms with Gasteiger partial charge in [-0.2, -0.15) is 0 Å². The average Bonchev–Trinajstić information content (AvgIpc) is 3.23. The highest BCUT2D eigenvalue weighted by atomic mass is 16.5. The molecule has 3 rings (SSSR count). The highest BCUT2D eigenvalue weighted by Gasteiger charge is 2.56. The van der Waals surface area contributed by atoms with Crippen molar-refractivity contribution in [3.8, 4) is 11.5 Å². The lowest BCUT2D eigenvalue weighted by atomic mass is 9.96. The van der Waals surface area contributed by atoms with Crippen molar-refractivity contribution in [2.45, 2.75) is 18.8 Å². The molecule has 1 fully saturated rings. The van der Waals surface area contributed by atoms with Gasteiger partial charge in [0.15, 0.2) is 0 Å². The summed E-state index contributed by atoms with van der Waals surface area (Å²) in [5, 5.41) is 0. The van der Waals surface area contributed by atoms with E-state index < -0.39 is 0 Å². The topological polar surface area (TPSA) is 35.5 Å². The van der Waals surface area contributed by atoms with E-state index in [0.717, 1.165) is 12.2 Å². The van der Waals surface area contributed by atoms with Gasteiger partial charge in [0.2, 0.25) is 0 Å². The molecule has 21 heavy (non-hydrogen) atoms. The van der Waals surface area contributed by atoms with Gasteiger partial charge in [-0.25, -0.2) is 0 Å². The number of rotatable bonds is 4. The molecule has 108 valence electrons. The van der Waals surface area contributed by atoms with Gasteiger partial charge in [-0.05, 0) is 36.2 Å². The van der Waals surface area contributed by atoms with E-state index >= 15 is 0 Å². The zero-order valence-corrected chi connectivity index (χ0v) is 12.2. The quantitative estimate of drug-likeness (QED) is 0.635. The van der Waals surface area contributed by atoms with Crippen LogP contribution in [0.4, 0.5) is 0 Å². The van der Waals surface area contributed by atoms with Gasteiger partial charge >= 0.3 is 5.97 Å². The second kappa shape index (κ2) is 5.24. The monoisotopic (exact) mass is 282 g/mol. The number of methoxy groups -OCH3 is 1. The Kier molecular flexibility index (Phi) is 3.42. The predicted octanol–water partition coefficient (Wildman–Crippen LogP) is 3.58. The van der Waals surface area contributed by atoms with Gasteiger partial charge in [0, 0.05) is 5.41 Å². The number of carbonyl (C=O) groups excluding carboxylic acids is 1. The van der Waals surface area contributed by atoms with Crippen molar-refractivity contribution in [2.75, 3.05) is 7.11 Å². The molecule has 1 saturated carbocycles. The predicted molar refractivity (Wildman–Crippen MR) is 80.5 cm³/mol. The Morgan fingerprint density at radius 1 is 1.05 bits per heavy atom. The first-order chi connectivity index (χ1) is 10.1. The Morgan fingerprint density at radius 3 is 2.29 bits per heavy atom. The summed E-state index contributed by atoms with van der Waals surface area (Å²) in [7, 11) is 1.61. The Balaban J connectivity index is 1.67. The zero-order chi connectivity index (χ0) is 14.9. The summed E-state index contributed by atoms with van der Waals surface area (Å²) in [5.74, 6) is 1.08. The average molecular weight is 282 g/mol. The minimum atomic E-state index is -0.161. The van der Waals surface area contributed by atoms with Crippen LogP contribution in [-0.4, -0.2) is 13.1 Å². The summed E-state index contributed by atoms with van der Waals surface area (Å²) in [4.78, 5) is 12.3. The first-order valence-electron chi connectivity index (χ1n) is 7.05. The van der Waals surface area contributed by atoms with Crippen LogP contribution in [0.2, 0.25) is 0 Å². The van der Waals surface area contributed by atoms with Gasteiger partial charge in [0.05, 0.1) is 13.0 Å². The molecule has 3 nitrogen and oxygen atoms in total. The SMILES string of the molecule is COc1ccc(OC(=O)[C@@H]2C[C@@]2(C)c2ccccc2)cc1. The van der Waals surface area contributed by atoms with Gasteiger partial charge in [-0.15, -0.1) is 0 Å². The molecule has 1 aliphatic rings. The van der Waals surface area contributed by atoms with E-state index in [0.29, 0.717) is 5.75 Å². The third-order valence-corrected chi connectivity index (χ3v) is 4.23. The summed E-state index contributed by atoms with van der Waals surface area (Å²) >= 11 is 0. The van der Waals surface area contributed by atoms with Gasteiger partial charge in [0.25, 0.3) is 0 Å². The number of hydrogen-bond donors (Lipinski definition) is 0. The van der Waals surface area contributed by atoms with Crippen molar-refractivity contribution < 1.29 is 14.3 Å². The van der Waals surface area contributed by atoms with Crippen molar-refractivity contribution >= 4 is 5.97 Å². The van der Waals surface area contributed by atoms with E-state index in [1.807, 2.05) is 18.2 Å². The Bertz CT molecular complexity index is 633. The molecule has 0 saturated heterocycles. The Labute approximate surface area is 124 Å². The van der Waals surface area contributed by atoms with E-state index in [4.69, 9.17) is 9.47 Å². The van der Waals surface area contributed by atoms with Crippen LogP contribution in [0.1, 0.15) is 18.9 Å². The molecule has 0 spiro atoms. The largest absolute Gasteiger partial charge is 0.497 e. The van der Waals surface area contributed by atoms with E-state index in [1.165, 1.54) is 5.56 Å². The summed E-state index contributed by atoms with van der Waals surface area (Å²) < 4.78 is 10.5. The Morgan fingerprint density at radius 2 is 1.67 bits per heavy atom. The third-order valence-electron chi connectivity index (χ3n) is 4.23. The molecular formula is C18H18O3. The van der Waals surface area contributed by atoms with Crippen LogP contribution in [0.5, 0.6) is 11.5 Å². The molecule has 0 unspecified atom stereocenters. The van der Waals surface area contributed by atoms with Gasteiger partial charge in [0.1, 0.15) is 11.5 Å². The molecule has 3 heteroatoms. The first-order valence-corrected chi connectivity index (χ1v) is 7.05. The normalized spacial score (nSPS) is 23.4. The standard InChI is InChI=1S/C18H18O3/c1-18(13-6-4-3-5-7-13)12-16(18)17(19)21-15-10-8-14(20-2)9-11-15/h3-11,16H,12H2,1-2H3/t16-,18-/m0/s1. The number of hydrogen-bond acceptors (Lipinski definition) is 3. The maximum absolute atomic E-state index is 12.3. The third kappa shape index (κ3) is 2.64. The van der Waals surface area contributed by atoms with Crippen LogP contribution >= 0.6 is 0 Å². The molecule has 2 aromatic carbocycles. The van der Waals surface area contributed by atoms with Crippen molar-refractivity contribution in [1.29, 1.82) is 0 Å². The minimum absolute atomic E-state index is 0.0676. The first kappa shape index (κ1) is 13.7. The van der Waals surface area contributed by atoms with Crippen LogP contribution in [-0.2, 0) is 10.2 Å². The van der Waals surface area contributed by atoms with Crippen LogP contribution in [0.15, 0.2) is 54.6 Å². The second-order valence-corrected chi connectivity index (χ2v) is 5.64. The van der Waals surface area contributed by atoms with E-state index in [1.54, 1.807) is 31.4 Å². The number of ether oxygens (including phenoxy) is 2. The molecule has 0 bridgehead atoms. The fraction of sp³-hybridized carbons (Fsp3) is 0.278. The minimum Gasteiger partial charge on any atom is -0.497 e. The second-order valence-electron chi connectivity index (χ2n) is 5.64.